The maximum atomic E-state index is 11.2. The van der Waals surface area contributed by atoms with Gasteiger partial charge in [-0.05, 0) is 6.07 Å². The lowest BCUT2D eigenvalue weighted by Gasteiger charge is -2.16. The highest BCUT2D eigenvalue weighted by molar-refractivity contribution is 4.87. The van der Waals surface area contributed by atoms with E-state index in [9.17, 15) is 15.0 Å². The van der Waals surface area contributed by atoms with Crippen molar-refractivity contribution in [3.63, 3.8) is 0 Å². The first-order valence-corrected chi connectivity index (χ1v) is 4.96. The molecule has 0 bridgehead atoms. The molecule has 17 heavy (non-hydrogen) atoms. The topological polar surface area (TPSA) is 114 Å². The Bertz CT molecular complexity index is 435. The van der Waals surface area contributed by atoms with Gasteiger partial charge in [-0.2, -0.15) is 4.98 Å². The highest BCUT2D eigenvalue weighted by Crippen LogP contribution is 2.19. The third-order valence-corrected chi connectivity index (χ3v) is 2.40. The van der Waals surface area contributed by atoms with Gasteiger partial charge in [0.25, 0.3) is 6.29 Å². The van der Waals surface area contributed by atoms with E-state index in [0.29, 0.717) is 0 Å². The standard InChI is InChI=1S/C9H12N2O6/c12-4-5-6(13)7(14)8(16-5)17-11-3-1-2-10-9(11)15/h1-3,5-8,12-14H,4H2. The molecule has 0 saturated carbocycles. The SMILES string of the molecule is O=c1ncccn1OC1OC(CO)C(O)C1O. The highest BCUT2D eigenvalue weighted by atomic mass is 16.8. The van der Waals surface area contributed by atoms with Crippen LogP contribution in [-0.4, -0.2) is 56.2 Å². The van der Waals surface area contributed by atoms with Crippen molar-refractivity contribution in [3.05, 3.63) is 28.9 Å². The van der Waals surface area contributed by atoms with Gasteiger partial charge in [0.05, 0.1) is 12.8 Å². The second kappa shape index (κ2) is 4.80. The Hall–Kier alpha value is -1.48. The zero-order chi connectivity index (χ0) is 12.4. The van der Waals surface area contributed by atoms with Gasteiger partial charge in [0.2, 0.25) is 0 Å². The molecule has 8 heteroatoms. The summed E-state index contributed by atoms with van der Waals surface area (Å²) in [5.41, 5.74) is -0.676. The summed E-state index contributed by atoms with van der Waals surface area (Å²) < 4.78 is 5.81. The van der Waals surface area contributed by atoms with Crippen LogP contribution in [0.15, 0.2) is 23.3 Å². The number of ether oxygens (including phenoxy) is 1. The molecule has 1 aliphatic rings. The van der Waals surface area contributed by atoms with Crippen LogP contribution >= 0.6 is 0 Å². The van der Waals surface area contributed by atoms with Gasteiger partial charge in [0.15, 0.2) is 0 Å². The number of hydrogen-bond acceptors (Lipinski definition) is 7. The molecule has 2 rings (SSSR count). The van der Waals surface area contributed by atoms with E-state index in [0.717, 1.165) is 4.73 Å². The molecule has 0 aromatic carbocycles. The fourth-order valence-electron chi connectivity index (χ4n) is 1.49. The smallest absolute Gasteiger partial charge is 0.380 e. The lowest BCUT2D eigenvalue weighted by Crippen LogP contribution is -2.41. The van der Waals surface area contributed by atoms with Gasteiger partial charge < -0.3 is 24.9 Å². The van der Waals surface area contributed by atoms with Gasteiger partial charge in [0, 0.05) is 6.20 Å². The first-order chi connectivity index (χ1) is 8.13. The Balaban J connectivity index is 2.10. The molecule has 0 amide bonds. The molecule has 4 atom stereocenters. The second-order valence-corrected chi connectivity index (χ2v) is 3.54. The van der Waals surface area contributed by atoms with Crippen molar-refractivity contribution in [2.45, 2.75) is 24.6 Å². The summed E-state index contributed by atoms with van der Waals surface area (Å²) in [7, 11) is 0. The molecule has 94 valence electrons. The van der Waals surface area contributed by atoms with E-state index in [1.165, 1.54) is 18.5 Å². The molecule has 0 radical (unpaired) electrons. The number of aromatic nitrogens is 2. The lowest BCUT2D eigenvalue weighted by atomic mass is 10.1. The summed E-state index contributed by atoms with van der Waals surface area (Å²) >= 11 is 0. The van der Waals surface area contributed by atoms with E-state index in [2.05, 4.69) is 4.98 Å². The van der Waals surface area contributed by atoms with Gasteiger partial charge in [-0.15, -0.1) is 4.73 Å². The van der Waals surface area contributed by atoms with Crippen LogP contribution in [0.5, 0.6) is 0 Å². The van der Waals surface area contributed by atoms with Crippen molar-refractivity contribution >= 4 is 0 Å². The number of aliphatic hydroxyl groups is 3. The molecule has 2 heterocycles. The Labute approximate surface area is 95.6 Å². The normalized spacial score (nSPS) is 32.6. The number of hydrogen-bond donors (Lipinski definition) is 3. The largest absolute Gasteiger partial charge is 0.394 e. The van der Waals surface area contributed by atoms with Crippen molar-refractivity contribution in [1.82, 2.24) is 9.71 Å². The van der Waals surface area contributed by atoms with E-state index < -0.39 is 36.9 Å². The molecule has 4 unspecified atom stereocenters. The van der Waals surface area contributed by atoms with E-state index in [-0.39, 0.29) is 0 Å². The Morgan fingerprint density at radius 2 is 2.24 bits per heavy atom. The van der Waals surface area contributed by atoms with Crippen LogP contribution in [0.3, 0.4) is 0 Å². The Morgan fingerprint density at radius 1 is 1.47 bits per heavy atom. The van der Waals surface area contributed by atoms with Gasteiger partial charge in [-0.1, -0.05) is 0 Å². The van der Waals surface area contributed by atoms with E-state index in [1.807, 2.05) is 0 Å². The maximum Gasteiger partial charge on any atom is 0.380 e. The zero-order valence-electron chi connectivity index (χ0n) is 8.71. The summed E-state index contributed by atoms with van der Waals surface area (Å²) in [4.78, 5) is 19.7. The van der Waals surface area contributed by atoms with Gasteiger partial charge in [0.1, 0.15) is 18.3 Å². The van der Waals surface area contributed by atoms with Crippen LogP contribution in [0.2, 0.25) is 0 Å². The zero-order valence-corrected chi connectivity index (χ0v) is 8.71. The molecule has 1 saturated heterocycles. The van der Waals surface area contributed by atoms with E-state index >= 15 is 0 Å². The van der Waals surface area contributed by atoms with Crippen LogP contribution < -0.4 is 10.5 Å². The molecule has 0 aliphatic carbocycles. The molecule has 8 nitrogen and oxygen atoms in total. The van der Waals surface area contributed by atoms with Crippen molar-refractivity contribution < 1.29 is 24.9 Å². The molecule has 1 aromatic heterocycles. The predicted molar refractivity (Wildman–Crippen MR) is 52.8 cm³/mol. The summed E-state index contributed by atoms with van der Waals surface area (Å²) in [6.07, 6.45) is -2.20. The van der Waals surface area contributed by atoms with Crippen LogP contribution in [0, 0.1) is 0 Å². The molecule has 1 aromatic rings. The monoisotopic (exact) mass is 244 g/mol. The molecule has 0 spiro atoms. The maximum absolute atomic E-state index is 11.2. The average Bonchev–Trinajstić information content (AvgIpc) is 2.60. The van der Waals surface area contributed by atoms with Gasteiger partial charge in [-0.25, -0.2) is 4.79 Å². The number of rotatable bonds is 3. The van der Waals surface area contributed by atoms with Gasteiger partial charge >= 0.3 is 5.69 Å². The Kier molecular flexibility index (Phi) is 3.38. The summed E-state index contributed by atoms with van der Waals surface area (Å²) in [5.74, 6) is 0. The number of aliphatic hydroxyl groups excluding tert-OH is 3. The van der Waals surface area contributed by atoms with Crippen LogP contribution in [0.4, 0.5) is 0 Å². The molecular weight excluding hydrogens is 232 g/mol. The number of nitrogens with zero attached hydrogens (tertiary/aromatic N) is 2. The third-order valence-electron chi connectivity index (χ3n) is 2.40. The first-order valence-electron chi connectivity index (χ1n) is 4.96. The van der Waals surface area contributed by atoms with Crippen molar-refractivity contribution in [3.8, 4) is 0 Å². The minimum absolute atomic E-state index is 0.458. The second-order valence-electron chi connectivity index (χ2n) is 3.54. The van der Waals surface area contributed by atoms with E-state index in [4.69, 9.17) is 14.7 Å². The Morgan fingerprint density at radius 3 is 2.82 bits per heavy atom. The summed E-state index contributed by atoms with van der Waals surface area (Å²) in [6.45, 7) is -0.458. The predicted octanol–water partition coefficient (Wildman–Crippen LogP) is -2.89. The summed E-state index contributed by atoms with van der Waals surface area (Å²) in [5, 5.41) is 27.9. The van der Waals surface area contributed by atoms with Crippen molar-refractivity contribution in [1.29, 1.82) is 0 Å². The lowest BCUT2D eigenvalue weighted by molar-refractivity contribution is -0.174. The molecule has 1 aliphatic heterocycles. The van der Waals surface area contributed by atoms with Crippen LogP contribution in [0.25, 0.3) is 0 Å². The first kappa shape index (κ1) is 12.0. The van der Waals surface area contributed by atoms with Crippen LogP contribution in [0.1, 0.15) is 0 Å². The van der Waals surface area contributed by atoms with Crippen molar-refractivity contribution in [2.24, 2.45) is 0 Å². The minimum Gasteiger partial charge on any atom is -0.394 e. The minimum atomic E-state index is -1.35. The van der Waals surface area contributed by atoms with Crippen LogP contribution in [-0.2, 0) is 4.74 Å². The quantitative estimate of drug-likeness (QED) is 0.523. The third kappa shape index (κ3) is 2.29. The molecule has 3 N–H and O–H groups in total. The fourth-order valence-corrected chi connectivity index (χ4v) is 1.49. The average molecular weight is 244 g/mol. The molecular formula is C9H12N2O6. The van der Waals surface area contributed by atoms with E-state index in [1.54, 1.807) is 0 Å². The fraction of sp³-hybridized carbons (Fsp3) is 0.556. The highest BCUT2D eigenvalue weighted by Gasteiger charge is 2.44. The summed E-state index contributed by atoms with van der Waals surface area (Å²) in [6, 6.07) is 1.46. The molecule has 1 fully saturated rings. The van der Waals surface area contributed by atoms with Gasteiger partial charge in [-0.3, -0.25) is 0 Å². The van der Waals surface area contributed by atoms with Crippen molar-refractivity contribution in [2.75, 3.05) is 6.61 Å².